The summed E-state index contributed by atoms with van der Waals surface area (Å²) < 4.78 is 1.96. The highest BCUT2D eigenvalue weighted by Crippen LogP contribution is 2.33. The lowest BCUT2D eigenvalue weighted by molar-refractivity contribution is 0.487. The maximum Gasteiger partial charge on any atom is 0.0596 e. The number of aromatic nitrogens is 2. The molecule has 0 aliphatic carbocycles. The molecule has 6 heteroatoms. The normalized spacial score (nSPS) is 26.2. The van der Waals surface area contributed by atoms with Crippen molar-refractivity contribution in [2.24, 2.45) is 12.9 Å². The SMILES string of the molecule is Cc1cc(CC(NN)C2SCCSC2C)n(C)n1. The predicted octanol–water partition coefficient (Wildman–Crippen LogP) is 1.34. The van der Waals surface area contributed by atoms with E-state index in [1.807, 2.05) is 30.4 Å². The van der Waals surface area contributed by atoms with Crippen molar-refractivity contribution < 1.29 is 0 Å². The first-order valence-corrected chi connectivity index (χ1v) is 8.40. The van der Waals surface area contributed by atoms with E-state index in [2.05, 4.69) is 35.3 Å². The van der Waals surface area contributed by atoms with Crippen LogP contribution in [-0.4, -0.2) is 37.8 Å². The lowest BCUT2D eigenvalue weighted by atomic mass is 10.1. The number of hydrogen-bond donors (Lipinski definition) is 2. The first-order valence-electron chi connectivity index (χ1n) is 6.30. The number of nitrogens with one attached hydrogen (secondary N) is 1. The summed E-state index contributed by atoms with van der Waals surface area (Å²) in [6.45, 7) is 4.34. The average Bonchev–Trinajstić information content (AvgIpc) is 2.66. The van der Waals surface area contributed by atoms with Gasteiger partial charge in [-0.25, -0.2) is 0 Å². The van der Waals surface area contributed by atoms with E-state index in [9.17, 15) is 0 Å². The molecule has 4 nitrogen and oxygen atoms in total. The van der Waals surface area contributed by atoms with E-state index < -0.39 is 0 Å². The molecule has 0 spiro atoms. The van der Waals surface area contributed by atoms with Crippen LogP contribution >= 0.6 is 23.5 Å². The van der Waals surface area contributed by atoms with Crippen LogP contribution in [0.15, 0.2) is 6.07 Å². The minimum atomic E-state index is 0.313. The van der Waals surface area contributed by atoms with E-state index in [-0.39, 0.29) is 0 Å². The van der Waals surface area contributed by atoms with E-state index in [4.69, 9.17) is 5.84 Å². The van der Waals surface area contributed by atoms with Crippen molar-refractivity contribution in [3.05, 3.63) is 17.5 Å². The molecule has 2 heterocycles. The topological polar surface area (TPSA) is 55.9 Å². The van der Waals surface area contributed by atoms with Gasteiger partial charge in [0.2, 0.25) is 0 Å². The molecule has 18 heavy (non-hydrogen) atoms. The Morgan fingerprint density at radius 3 is 2.83 bits per heavy atom. The molecule has 3 N–H and O–H groups in total. The molecule has 1 aliphatic rings. The Bertz CT molecular complexity index is 393. The molecule has 0 bridgehead atoms. The number of nitrogens with zero attached hydrogens (tertiary/aromatic N) is 2. The minimum Gasteiger partial charge on any atom is -0.272 e. The maximum absolute atomic E-state index is 5.77. The number of aryl methyl sites for hydroxylation is 2. The molecular weight excluding hydrogens is 264 g/mol. The van der Waals surface area contributed by atoms with Gasteiger partial charge in [0.1, 0.15) is 0 Å². The van der Waals surface area contributed by atoms with E-state index >= 15 is 0 Å². The molecule has 0 radical (unpaired) electrons. The van der Waals surface area contributed by atoms with Crippen molar-refractivity contribution in [2.45, 2.75) is 36.8 Å². The molecule has 3 unspecified atom stereocenters. The van der Waals surface area contributed by atoms with Crippen LogP contribution in [-0.2, 0) is 13.5 Å². The fourth-order valence-electron chi connectivity index (χ4n) is 2.44. The van der Waals surface area contributed by atoms with Crippen LogP contribution < -0.4 is 11.3 Å². The van der Waals surface area contributed by atoms with Gasteiger partial charge in [0, 0.05) is 47.2 Å². The largest absolute Gasteiger partial charge is 0.272 e. The molecule has 1 aliphatic heterocycles. The van der Waals surface area contributed by atoms with Crippen molar-refractivity contribution in [2.75, 3.05) is 11.5 Å². The molecule has 102 valence electrons. The van der Waals surface area contributed by atoms with Gasteiger partial charge in [0.15, 0.2) is 0 Å². The number of hydrazine groups is 1. The van der Waals surface area contributed by atoms with Gasteiger partial charge < -0.3 is 0 Å². The van der Waals surface area contributed by atoms with Crippen LogP contribution in [0.3, 0.4) is 0 Å². The quantitative estimate of drug-likeness (QED) is 0.646. The monoisotopic (exact) mass is 286 g/mol. The minimum absolute atomic E-state index is 0.313. The summed E-state index contributed by atoms with van der Waals surface area (Å²) in [4.78, 5) is 0. The van der Waals surface area contributed by atoms with Crippen LogP contribution in [0.4, 0.5) is 0 Å². The van der Waals surface area contributed by atoms with Gasteiger partial charge in [-0.3, -0.25) is 16.0 Å². The van der Waals surface area contributed by atoms with Crippen molar-refractivity contribution in [3.63, 3.8) is 0 Å². The summed E-state index contributed by atoms with van der Waals surface area (Å²) in [7, 11) is 2.00. The highest BCUT2D eigenvalue weighted by molar-refractivity contribution is 8.07. The van der Waals surface area contributed by atoms with E-state index in [1.54, 1.807) is 0 Å². The molecule has 1 saturated heterocycles. The van der Waals surface area contributed by atoms with Crippen molar-refractivity contribution in [1.29, 1.82) is 0 Å². The Kier molecular flexibility index (Phi) is 5.00. The third kappa shape index (κ3) is 3.23. The molecule has 0 saturated carbocycles. The van der Waals surface area contributed by atoms with Gasteiger partial charge in [-0.1, -0.05) is 6.92 Å². The Labute approximate surface area is 117 Å². The predicted molar refractivity (Wildman–Crippen MR) is 80.9 cm³/mol. The van der Waals surface area contributed by atoms with Crippen LogP contribution in [0.5, 0.6) is 0 Å². The maximum atomic E-state index is 5.77. The number of thioether (sulfide) groups is 2. The zero-order chi connectivity index (χ0) is 13.1. The smallest absolute Gasteiger partial charge is 0.0596 e. The second-order valence-corrected chi connectivity index (χ2v) is 7.56. The summed E-state index contributed by atoms with van der Waals surface area (Å²) in [5.74, 6) is 8.25. The fourth-order valence-corrected chi connectivity index (χ4v) is 5.38. The van der Waals surface area contributed by atoms with Gasteiger partial charge in [0.25, 0.3) is 0 Å². The third-order valence-corrected chi connectivity index (χ3v) is 6.63. The van der Waals surface area contributed by atoms with Crippen LogP contribution in [0, 0.1) is 6.92 Å². The van der Waals surface area contributed by atoms with Gasteiger partial charge in [-0.05, 0) is 13.0 Å². The first kappa shape index (κ1) is 14.2. The lowest BCUT2D eigenvalue weighted by Gasteiger charge is -2.34. The summed E-state index contributed by atoms with van der Waals surface area (Å²) in [5, 5.41) is 5.62. The fraction of sp³-hybridized carbons (Fsp3) is 0.750. The molecule has 0 aromatic carbocycles. The van der Waals surface area contributed by atoms with E-state index in [0.717, 1.165) is 12.1 Å². The standard InChI is InChI=1S/C12H22N4S2/c1-8-6-10(16(3)15-8)7-11(14-13)12-9(2)17-4-5-18-12/h6,9,11-12,14H,4-5,7,13H2,1-3H3. The summed E-state index contributed by atoms with van der Waals surface area (Å²) in [5.41, 5.74) is 5.33. The van der Waals surface area contributed by atoms with Gasteiger partial charge >= 0.3 is 0 Å². The van der Waals surface area contributed by atoms with Crippen molar-refractivity contribution in [3.8, 4) is 0 Å². The molecule has 1 aromatic heterocycles. The first-order chi connectivity index (χ1) is 8.61. The lowest BCUT2D eigenvalue weighted by Crippen LogP contribution is -2.49. The Morgan fingerprint density at radius 2 is 2.28 bits per heavy atom. The Balaban J connectivity index is 2.06. The van der Waals surface area contributed by atoms with Gasteiger partial charge in [0.05, 0.1) is 5.69 Å². The summed E-state index contributed by atoms with van der Waals surface area (Å²) >= 11 is 4.09. The van der Waals surface area contributed by atoms with Gasteiger partial charge in [-0.15, -0.1) is 0 Å². The molecule has 1 aromatic rings. The molecule has 2 rings (SSSR count). The highest BCUT2D eigenvalue weighted by atomic mass is 32.2. The molecule has 1 fully saturated rings. The number of rotatable bonds is 4. The van der Waals surface area contributed by atoms with Crippen LogP contribution in [0.25, 0.3) is 0 Å². The zero-order valence-corrected chi connectivity index (χ0v) is 12.9. The van der Waals surface area contributed by atoms with Gasteiger partial charge in [-0.2, -0.15) is 28.6 Å². The third-order valence-electron chi connectivity index (χ3n) is 3.38. The molecule has 3 atom stereocenters. The zero-order valence-electron chi connectivity index (χ0n) is 11.2. The van der Waals surface area contributed by atoms with Crippen LogP contribution in [0.1, 0.15) is 18.3 Å². The van der Waals surface area contributed by atoms with Crippen molar-refractivity contribution >= 4 is 23.5 Å². The highest BCUT2D eigenvalue weighted by Gasteiger charge is 2.30. The number of nitrogens with two attached hydrogens (primary N) is 1. The van der Waals surface area contributed by atoms with Crippen LogP contribution in [0.2, 0.25) is 0 Å². The van der Waals surface area contributed by atoms with E-state index in [0.29, 0.717) is 16.5 Å². The summed E-state index contributed by atoms with van der Waals surface area (Å²) in [6.07, 6.45) is 0.941. The second kappa shape index (κ2) is 6.32. The second-order valence-electron chi connectivity index (χ2n) is 4.79. The average molecular weight is 286 g/mol. The van der Waals surface area contributed by atoms with Crippen molar-refractivity contribution in [1.82, 2.24) is 15.2 Å². The Morgan fingerprint density at radius 1 is 1.56 bits per heavy atom. The summed E-state index contributed by atoms with van der Waals surface area (Å²) in [6, 6.07) is 2.46. The molecule has 0 amide bonds. The Hall–Kier alpha value is -0.170. The van der Waals surface area contributed by atoms with E-state index in [1.165, 1.54) is 17.2 Å². The molecular formula is C12H22N4S2. The number of hydrogen-bond acceptors (Lipinski definition) is 5.